The number of nitrogens with zero attached hydrogens (tertiary/aromatic N) is 1. The van der Waals surface area contributed by atoms with Crippen LogP contribution in [0, 0.1) is 5.92 Å². The van der Waals surface area contributed by atoms with E-state index >= 15 is 0 Å². The highest BCUT2D eigenvalue weighted by Crippen LogP contribution is 2.32. The molecule has 0 saturated carbocycles. The number of hydrogen-bond donors (Lipinski definition) is 1. The fourth-order valence-corrected chi connectivity index (χ4v) is 3.28. The Balaban J connectivity index is 1.36. The van der Waals surface area contributed by atoms with Gasteiger partial charge in [0, 0.05) is 25.2 Å². The summed E-state index contributed by atoms with van der Waals surface area (Å²) >= 11 is 0. The molecule has 0 aromatic heterocycles. The minimum absolute atomic E-state index is 0.0524. The van der Waals surface area contributed by atoms with Crippen molar-refractivity contribution in [1.29, 1.82) is 0 Å². The molecule has 1 N–H and O–H groups in total. The quantitative estimate of drug-likeness (QED) is 0.875. The molecule has 4 rings (SSSR count). The Labute approximate surface area is 156 Å². The number of benzene rings is 2. The zero-order valence-corrected chi connectivity index (χ0v) is 14.9. The Kier molecular flexibility index (Phi) is 4.58. The molecule has 1 saturated heterocycles. The number of anilines is 1. The number of fused-ring (bicyclic) bond motifs is 1. The molecule has 140 valence electrons. The van der Waals surface area contributed by atoms with Gasteiger partial charge >= 0.3 is 0 Å². The van der Waals surface area contributed by atoms with Gasteiger partial charge in [0.25, 0.3) is 0 Å². The van der Waals surface area contributed by atoms with Crippen LogP contribution in [0.4, 0.5) is 5.69 Å². The van der Waals surface area contributed by atoms with Gasteiger partial charge < -0.3 is 24.4 Å². The highest BCUT2D eigenvalue weighted by atomic mass is 16.7. The first-order valence-corrected chi connectivity index (χ1v) is 8.74. The lowest BCUT2D eigenvalue weighted by Gasteiger charge is -2.17. The van der Waals surface area contributed by atoms with Crippen molar-refractivity contribution >= 4 is 17.5 Å². The number of rotatable bonds is 5. The van der Waals surface area contributed by atoms with E-state index < -0.39 is 0 Å². The highest BCUT2D eigenvalue weighted by Gasteiger charge is 2.35. The average Bonchev–Trinajstić information content (AvgIpc) is 3.32. The van der Waals surface area contributed by atoms with Crippen LogP contribution in [0.2, 0.25) is 0 Å². The molecule has 1 fully saturated rings. The molecule has 0 radical (unpaired) electrons. The molecule has 0 spiro atoms. The van der Waals surface area contributed by atoms with Crippen molar-refractivity contribution in [2.75, 3.05) is 25.3 Å². The summed E-state index contributed by atoms with van der Waals surface area (Å²) in [5, 5.41) is 2.91. The molecule has 2 aromatic rings. The van der Waals surface area contributed by atoms with Gasteiger partial charge in [0.1, 0.15) is 5.75 Å². The lowest BCUT2D eigenvalue weighted by molar-refractivity contribution is -0.126. The van der Waals surface area contributed by atoms with Gasteiger partial charge in [0.2, 0.25) is 18.6 Å². The molecular weight excluding hydrogens is 348 g/mol. The van der Waals surface area contributed by atoms with Crippen molar-refractivity contribution in [1.82, 2.24) is 5.32 Å². The fourth-order valence-electron chi connectivity index (χ4n) is 3.28. The monoisotopic (exact) mass is 368 g/mol. The second kappa shape index (κ2) is 7.19. The van der Waals surface area contributed by atoms with Gasteiger partial charge in [-0.2, -0.15) is 0 Å². The Hall–Kier alpha value is -3.22. The molecule has 7 nitrogen and oxygen atoms in total. The third-order valence-electron chi connectivity index (χ3n) is 4.78. The predicted molar refractivity (Wildman–Crippen MR) is 97.9 cm³/mol. The molecule has 2 aliphatic rings. The topological polar surface area (TPSA) is 77.1 Å². The van der Waals surface area contributed by atoms with Crippen LogP contribution in [0.3, 0.4) is 0 Å². The number of ether oxygens (including phenoxy) is 3. The summed E-state index contributed by atoms with van der Waals surface area (Å²) in [6.45, 7) is 0.970. The Morgan fingerprint density at radius 1 is 1.19 bits per heavy atom. The highest BCUT2D eigenvalue weighted by molar-refractivity contribution is 6.00. The maximum Gasteiger partial charge on any atom is 0.231 e. The summed E-state index contributed by atoms with van der Waals surface area (Å²) in [5.74, 6) is 1.57. The maximum absolute atomic E-state index is 12.5. The van der Waals surface area contributed by atoms with Gasteiger partial charge in [-0.05, 0) is 42.0 Å². The second-order valence-electron chi connectivity index (χ2n) is 6.51. The molecule has 2 heterocycles. The number of amides is 2. The molecule has 2 amide bonds. The van der Waals surface area contributed by atoms with Gasteiger partial charge in [0.15, 0.2) is 11.5 Å². The number of carbonyl (C=O) groups is 2. The largest absolute Gasteiger partial charge is 0.497 e. The normalized spacial score (nSPS) is 17.9. The van der Waals surface area contributed by atoms with Gasteiger partial charge in [0.05, 0.1) is 13.0 Å². The van der Waals surface area contributed by atoms with Gasteiger partial charge in [-0.3, -0.25) is 9.59 Å². The van der Waals surface area contributed by atoms with Crippen molar-refractivity contribution < 1.29 is 23.8 Å². The first kappa shape index (κ1) is 17.2. The van der Waals surface area contributed by atoms with E-state index in [9.17, 15) is 9.59 Å². The number of nitrogens with one attached hydrogen (secondary N) is 1. The molecule has 7 heteroatoms. The Bertz CT molecular complexity index is 865. The van der Waals surface area contributed by atoms with Crippen LogP contribution in [0.15, 0.2) is 42.5 Å². The standard InChI is InChI=1S/C20H20N2O5/c1-25-16-5-3-15(4-6-16)22-11-14(9-19(22)23)20(24)21-10-13-2-7-17-18(8-13)27-12-26-17/h2-8,14H,9-12H2,1H3,(H,21,24)/t14-/m1/s1. The van der Waals surface area contributed by atoms with Crippen LogP contribution in [0.1, 0.15) is 12.0 Å². The SMILES string of the molecule is COc1ccc(N2C[C@H](C(=O)NCc3ccc4c(c3)OCO4)CC2=O)cc1. The van der Waals surface area contributed by atoms with E-state index in [1.165, 1.54) is 0 Å². The minimum atomic E-state index is -0.367. The molecule has 27 heavy (non-hydrogen) atoms. The van der Waals surface area contributed by atoms with Crippen molar-refractivity contribution in [2.24, 2.45) is 5.92 Å². The van der Waals surface area contributed by atoms with E-state index in [2.05, 4.69) is 5.32 Å². The van der Waals surface area contributed by atoms with Crippen molar-refractivity contribution in [3.8, 4) is 17.2 Å². The average molecular weight is 368 g/mol. The van der Waals surface area contributed by atoms with E-state index in [0.717, 1.165) is 17.0 Å². The van der Waals surface area contributed by atoms with Crippen molar-refractivity contribution in [3.05, 3.63) is 48.0 Å². The molecule has 0 bridgehead atoms. The second-order valence-corrected chi connectivity index (χ2v) is 6.51. The summed E-state index contributed by atoms with van der Waals surface area (Å²) < 4.78 is 15.8. The zero-order valence-electron chi connectivity index (χ0n) is 14.9. The lowest BCUT2D eigenvalue weighted by Crippen LogP contribution is -2.32. The van der Waals surface area contributed by atoms with E-state index in [4.69, 9.17) is 14.2 Å². The Morgan fingerprint density at radius 3 is 2.74 bits per heavy atom. The summed E-state index contributed by atoms with van der Waals surface area (Å²) in [6, 6.07) is 12.8. The van der Waals surface area contributed by atoms with Crippen molar-refractivity contribution in [2.45, 2.75) is 13.0 Å². The number of hydrogen-bond acceptors (Lipinski definition) is 5. The van der Waals surface area contributed by atoms with Crippen LogP contribution < -0.4 is 24.4 Å². The lowest BCUT2D eigenvalue weighted by atomic mass is 10.1. The molecule has 2 aromatic carbocycles. The summed E-state index contributed by atoms with van der Waals surface area (Å²) in [4.78, 5) is 26.5. The molecular formula is C20H20N2O5. The third kappa shape index (κ3) is 3.53. The maximum atomic E-state index is 12.5. The molecule has 2 aliphatic heterocycles. The molecule has 0 unspecified atom stereocenters. The van der Waals surface area contributed by atoms with Gasteiger partial charge in [-0.25, -0.2) is 0 Å². The smallest absolute Gasteiger partial charge is 0.231 e. The van der Waals surface area contributed by atoms with Crippen LogP contribution in [-0.4, -0.2) is 32.3 Å². The number of methoxy groups -OCH3 is 1. The molecule has 0 aliphatic carbocycles. The summed E-state index contributed by atoms with van der Waals surface area (Å²) in [7, 11) is 1.59. The van der Waals surface area contributed by atoms with Crippen LogP contribution in [0.5, 0.6) is 17.2 Å². The van der Waals surface area contributed by atoms with Crippen LogP contribution in [-0.2, 0) is 16.1 Å². The van der Waals surface area contributed by atoms with E-state index in [-0.39, 0.29) is 30.9 Å². The first-order valence-electron chi connectivity index (χ1n) is 8.74. The summed E-state index contributed by atoms with van der Waals surface area (Å²) in [6.07, 6.45) is 0.207. The number of carbonyl (C=O) groups excluding carboxylic acids is 2. The van der Waals surface area contributed by atoms with Gasteiger partial charge in [-0.1, -0.05) is 6.07 Å². The van der Waals surface area contributed by atoms with Crippen molar-refractivity contribution in [3.63, 3.8) is 0 Å². The minimum Gasteiger partial charge on any atom is -0.497 e. The van der Waals surface area contributed by atoms with E-state index in [0.29, 0.717) is 24.6 Å². The molecule has 1 atom stereocenters. The fraction of sp³-hybridized carbons (Fsp3) is 0.300. The van der Waals surface area contributed by atoms with E-state index in [1.807, 2.05) is 30.3 Å². The zero-order chi connectivity index (χ0) is 18.8. The first-order chi connectivity index (χ1) is 13.1. The van der Waals surface area contributed by atoms with Gasteiger partial charge in [-0.15, -0.1) is 0 Å². The third-order valence-corrected chi connectivity index (χ3v) is 4.78. The van der Waals surface area contributed by atoms with Crippen LogP contribution in [0.25, 0.3) is 0 Å². The van der Waals surface area contributed by atoms with Crippen LogP contribution >= 0.6 is 0 Å². The summed E-state index contributed by atoms with van der Waals surface area (Å²) in [5.41, 5.74) is 1.69. The Morgan fingerprint density at radius 2 is 1.96 bits per heavy atom. The van der Waals surface area contributed by atoms with E-state index in [1.54, 1.807) is 24.1 Å². The predicted octanol–water partition coefficient (Wildman–Crippen LogP) is 2.09.